The van der Waals surface area contributed by atoms with E-state index in [-0.39, 0.29) is 10.8 Å². The third-order valence-corrected chi connectivity index (χ3v) is 3.06. The molecule has 0 saturated heterocycles. The van der Waals surface area contributed by atoms with Gasteiger partial charge in [-0.15, -0.1) is 0 Å². The van der Waals surface area contributed by atoms with E-state index in [1.807, 2.05) is 11.5 Å². The SMILES string of the molecule is CCn1cncc1CNc1ccc(OC(F)F)c(Cl)c1. The van der Waals surface area contributed by atoms with Crippen LogP contribution in [0.5, 0.6) is 5.75 Å². The largest absolute Gasteiger partial charge is 0.433 e. The van der Waals surface area contributed by atoms with Crippen molar-refractivity contribution in [2.75, 3.05) is 5.32 Å². The summed E-state index contributed by atoms with van der Waals surface area (Å²) in [6.45, 7) is 0.543. The highest BCUT2D eigenvalue weighted by Crippen LogP contribution is 2.29. The maximum Gasteiger partial charge on any atom is 0.387 e. The first-order chi connectivity index (χ1) is 9.60. The van der Waals surface area contributed by atoms with Crippen LogP contribution >= 0.6 is 11.6 Å². The minimum Gasteiger partial charge on any atom is -0.433 e. The van der Waals surface area contributed by atoms with Gasteiger partial charge in [0.15, 0.2) is 0 Å². The maximum absolute atomic E-state index is 12.1. The molecule has 0 saturated carbocycles. The van der Waals surface area contributed by atoms with Crippen LogP contribution in [-0.2, 0) is 13.1 Å². The minimum absolute atomic E-state index is 0.0363. The molecule has 2 aromatic rings. The Balaban J connectivity index is 2.02. The first kappa shape index (κ1) is 14.6. The lowest BCUT2D eigenvalue weighted by molar-refractivity contribution is -0.0497. The van der Waals surface area contributed by atoms with Gasteiger partial charge in [0.25, 0.3) is 0 Å². The molecule has 1 heterocycles. The van der Waals surface area contributed by atoms with Gasteiger partial charge in [0.1, 0.15) is 5.75 Å². The van der Waals surface area contributed by atoms with Crippen LogP contribution in [0.15, 0.2) is 30.7 Å². The third-order valence-electron chi connectivity index (χ3n) is 2.76. The lowest BCUT2D eigenvalue weighted by Crippen LogP contribution is -2.06. The van der Waals surface area contributed by atoms with Crippen molar-refractivity contribution in [3.8, 4) is 5.75 Å². The summed E-state index contributed by atoms with van der Waals surface area (Å²) < 4.78 is 30.5. The fourth-order valence-electron chi connectivity index (χ4n) is 1.78. The molecular weight excluding hydrogens is 288 g/mol. The number of alkyl halides is 2. The molecule has 2 rings (SSSR count). The molecule has 0 bridgehead atoms. The Morgan fingerprint density at radius 3 is 2.90 bits per heavy atom. The summed E-state index contributed by atoms with van der Waals surface area (Å²) in [4.78, 5) is 4.06. The summed E-state index contributed by atoms with van der Waals surface area (Å²) in [5, 5.41) is 3.29. The number of rotatable bonds is 6. The molecule has 0 aliphatic carbocycles. The van der Waals surface area contributed by atoms with Gasteiger partial charge in [0, 0.05) is 18.4 Å². The smallest absolute Gasteiger partial charge is 0.387 e. The summed E-state index contributed by atoms with van der Waals surface area (Å²) >= 11 is 5.88. The highest BCUT2D eigenvalue weighted by Gasteiger charge is 2.09. The monoisotopic (exact) mass is 301 g/mol. The number of hydrogen-bond acceptors (Lipinski definition) is 3. The highest BCUT2D eigenvalue weighted by atomic mass is 35.5. The highest BCUT2D eigenvalue weighted by molar-refractivity contribution is 6.32. The van der Waals surface area contributed by atoms with E-state index in [1.165, 1.54) is 6.07 Å². The molecule has 0 spiro atoms. The molecule has 108 valence electrons. The number of nitrogens with one attached hydrogen (secondary N) is 1. The summed E-state index contributed by atoms with van der Waals surface area (Å²) in [5.41, 5.74) is 1.75. The number of nitrogens with zero attached hydrogens (tertiary/aromatic N) is 2. The van der Waals surface area contributed by atoms with Crippen molar-refractivity contribution in [2.45, 2.75) is 26.6 Å². The molecule has 1 aromatic heterocycles. The Morgan fingerprint density at radius 1 is 1.45 bits per heavy atom. The van der Waals surface area contributed by atoms with E-state index in [1.54, 1.807) is 24.7 Å². The number of ether oxygens (including phenoxy) is 1. The minimum atomic E-state index is -2.88. The van der Waals surface area contributed by atoms with Gasteiger partial charge in [0.2, 0.25) is 0 Å². The Bertz CT molecular complexity index is 574. The van der Waals surface area contributed by atoms with Gasteiger partial charge in [-0.1, -0.05) is 11.6 Å². The molecule has 7 heteroatoms. The summed E-state index contributed by atoms with van der Waals surface area (Å²) in [6.07, 6.45) is 3.52. The molecule has 0 fully saturated rings. The van der Waals surface area contributed by atoms with Crippen molar-refractivity contribution in [3.63, 3.8) is 0 Å². The zero-order valence-corrected chi connectivity index (χ0v) is 11.6. The Morgan fingerprint density at radius 2 is 2.25 bits per heavy atom. The van der Waals surface area contributed by atoms with Gasteiger partial charge in [-0.3, -0.25) is 0 Å². The molecule has 0 radical (unpaired) electrons. The van der Waals surface area contributed by atoms with Gasteiger partial charge < -0.3 is 14.6 Å². The van der Waals surface area contributed by atoms with E-state index in [4.69, 9.17) is 11.6 Å². The average Bonchev–Trinajstić information content (AvgIpc) is 2.86. The van der Waals surface area contributed by atoms with Crippen LogP contribution in [0.25, 0.3) is 0 Å². The molecule has 0 aliphatic rings. The van der Waals surface area contributed by atoms with E-state index in [0.29, 0.717) is 6.54 Å². The van der Waals surface area contributed by atoms with Crippen molar-refractivity contribution in [2.24, 2.45) is 0 Å². The maximum atomic E-state index is 12.1. The average molecular weight is 302 g/mol. The number of hydrogen-bond donors (Lipinski definition) is 1. The molecule has 20 heavy (non-hydrogen) atoms. The zero-order valence-electron chi connectivity index (χ0n) is 10.8. The standard InChI is InChI=1S/C13H14ClF2N3O/c1-2-19-8-17-6-10(19)7-18-9-3-4-12(11(14)5-9)20-13(15)16/h3-6,8,13,18H,2,7H2,1H3. The van der Waals surface area contributed by atoms with Crippen LogP contribution in [-0.4, -0.2) is 16.2 Å². The van der Waals surface area contributed by atoms with Crippen LogP contribution in [0.4, 0.5) is 14.5 Å². The van der Waals surface area contributed by atoms with Crippen molar-refractivity contribution >= 4 is 17.3 Å². The lowest BCUT2D eigenvalue weighted by atomic mass is 10.3. The first-order valence-corrected chi connectivity index (χ1v) is 6.45. The number of imidazole rings is 1. The van der Waals surface area contributed by atoms with Crippen molar-refractivity contribution in [1.82, 2.24) is 9.55 Å². The fraction of sp³-hybridized carbons (Fsp3) is 0.308. The van der Waals surface area contributed by atoms with E-state index >= 15 is 0 Å². The second kappa shape index (κ2) is 6.56. The van der Waals surface area contributed by atoms with Crippen LogP contribution in [0.1, 0.15) is 12.6 Å². The number of aromatic nitrogens is 2. The Hall–Kier alpha value is -1.82. The van der Waals surface area contributed by atoms with Gasteiger partial charge in [-0.05, 0) is 25.1 Å². The van der Waals surface area contributed by atoms with Gasteiger partial charge in [-0.2, -0.15) is 8.78 Å². The van der Waals surface area contributed by atoms with Crippen molar-refractivity contribution in [1.29, 1.82) is 0 Å². The van der Waals surface area contributed by atoms with Crippen molar-refractivity contribution in [3.05, 3.63) is 41.4 Å². The lowest BCUT2D eigenvalue weighted by Gasteiger charge is -2.11. The number of anilines is 1. The van der Waals surface area contributed by atoms with E-state index in [9.17, 15) is 8.78 Å². The Labute approximate surface area is 120 Å². The normalized spacial score (nSPS) is 10.8. The van der Waals surface area contributed by atoms with Crippen LogP contribution in [0.3, 0.4) is 0 Å². The molecular formula is C13H14ClF2N3O. The van der Waals surface area contributed by atoms with Gasteiger partial charge in [0.05, 0.1) is 23.6 Å². The molecule has 0 aliphatic heterocycles. The third kappa shape index (κ3) is 3.60. The summed E-state index contributed by atoms with van der Waals surface area (Å²) in [6, 6.07) is 4.59. The second-order valence-corrected chi connectivity index (χ2v) is 4.46. The van der Waals surface area contributed by atoms with Crippen molar-refractivity contribution < 1.29 is 13.5 Å². The summed E-state index contributed by atoms with van der Waals surface area (Å²) in [5.74, 6) is -0.0363. The molecule has 1 aromatic carbocycles. The van der Waals surface area contributed by atoms with E-state index in [2.05, 4.69) is 15.0 Å². The molecule has 1 N–H and O–H groups in total. The van der Waals surface area contributed by atoms with Crippen LogP contribution < -0.4 is 10.1 Å². The van der Waals surface area contributed by atoms with Crippen LogP contribution in [0.2, 0.25) is 5.02 Å². The predicted octanol–water partition coefficient (Wildman–Crippen LogP) is 3.77. The van der Waals surface area contributed by atoms with E-state index in [0.717, 1.165) is 17.9 Å². The topological polar surface area (TPSA) is 39.1 Å². The van der Waals surface area contributed by atoms with Gasteiger partial charge in [-0.25, -0.2) is 4.98 Å². The molecule has 0 atom stereocenters. The number of halogens is 3. The van der Waals surface area contributed by atoms with Gasteiger partial charge >= 0.3 is 6.61 Å². The van der Waals surface area contributed by atoms with E-state index < -0.39 is 6.61 Å². The fourth-order valence-corrected chi connectivity index (χ4v) is 2.00. The number of benzene rings is 1. The Kier molecular flexibility index (Phi) is 4.79. The predicted molar refractivity (Wildman–Crippen MR) is 73.3 cm³/mol. The summed E-state index contributed by atoms with van der Waals surface area (Å²) in [7, 11) is 0. The second-order valence-electron chi connectivity index (χ2n) is 4.05. The molecule has 0 unspecified atom stereocenters. The molecule has 0 amide bonds. The van der Waals surface area contributed by atoms with Crippen LogP contribution in [0, 0.1) is 0 Å². The number of aryl methyl sites for hydroxylation is 1. The quantitative estimate of drug-likeness (QED) is 0.883. The first-order valence-electron chi connectivity index (χ1n) is 6.07. The zero-order chi connectivity index (χ0) is 14.5. The molecule has 4 nitrogen and oxygen atoms in total.